The highest BCUT2D eigenvalue weighted by molar-refractivity contribution is 7.16. The largest absolute Gasteiger partial charge is 0.293 e. The van der Waals surface area contributed by atoms with E-state index in [-0.39, 0.29) is 5.78 Å². The average molecular weight is 297 g/mol. The van der Waals surface area contributed by atoms with Crippen molar-refractivity contribution in [1.82, 2.24) is 0 Å². The van der Waals surface area contributed by atoms with Gasteiger partial charge in [-0.05, 0) is 49.4 Å². The second kappa shape index (κ2) is 5.16. The van der Waals surface area contributed by atoms with Crippen molar-refractivity contribution in [2.24, 2.45) is 0 Å². The molecule has 0 aromatic carbocycles. The Morgan fingerprint density at radius 2 is 2.06 bits per heavy atom. The fourth-order valence-electron chi connectivity index (χ4n) is 2.32. The number of halogens is 1. The summed E-state index contributed by atoms with van der Waals surface area (Å²) in [6.45, 7) is 0. The van der Waals surface area contributed by atoms with Crippen LogP contribution in [-0.4, -0.2) is 5.78 Å². The van der Waals surface area contributed by atoms with Gasteiger partial charge in [0, 0.05) is 16.2 Å². The van der Waals surface area contributed by atoms with E-state index in [0.717, 1.165) is 26.9 Å². The molecule has 1 aliphatic carbocycles. The third-order valence-electron chi connectivity index (χ3n) is 3.24. The van der Waals surface area contributed by atoms with Gasteiger partial charge in [-0.2, -0.15) is 0 Å². The van der Waals surface area contributed by atoms with Gasteiger partial charge in [0.05, 0.1) is 9.21 Å². The highest BCUT2D eigenvalue weighted by atomic mass is 35.5. The number of fused-ring (bicyclic) bond motifs is 1. The fourth-order valence-corrected chi connectivity index (χ4v) is 4.60. The van der Waals surface area contributed by atoms with Gasteiger partial charge in [-0.15, -0.1) is 22.7 Å². The summed E-state index contributed by atoms with van der Waals surface area (Å²) in [5.41, 5.74) is 1.40. The van der Waals surface area contributed by atoms with E-state index in [9.17, 15) is 4.79 Å². The number of ketones is 1. The van der Waals surface area contributed by atoms with Crippen molar-refractivity contribution in [2.75, 3.05) is 0 Å². The van der Waals surface area contributed by atoms with Gasteiger partial charge in [-0.3, -0.25) is 4.79 Å². The number of Topliss-reactive ketones (excluding diaryl/α,β-unsaturated/α-hetero) is 1. The molecule has 2 heterocycles. The summed E-state index contributed by atoms with van der Waals surface area (Å²) in [6, 6.07) is 5.91. The molecule has 0 bridgehead atoms. The van der Waals surface area contributed by atoms with E-state index in [4.69, 9.17) is 11.6 Å². The van der Waals surface area contributed by atoms with Crippen LogP contribution in [0.4, 0.5) is 0 Å². The van der Waals surface area contributed by atoms with E-state index in [1.165, 1.54) is 34.6 Å². The molecule has 2 aromatic heterocycles. The third kappa shape index (κ3) is 2.53. The number of thiophene rings is 2. The molecule has 0 unspecified atom stereocenters. The Morgan fingerprint density at radius 1 is 1.22 bits per heavy atom. The second-order valence-electron chi connectivity index (χ2n) is 4.57. The van der Waals surface area contributed by atoms with E-state index in [1.807, 2.05) is 12.1 Å². The molecule has 0 amide bonds. The maximum absolute atomic E-state index is 12.2. The monoisotopic (exact) mass is 296 g/mol. The summed E-state index contributed by atoms with van der Waals surface area (Å²) in [5, 5.41) is 0. The Labute approximate surface area is 119 Å². The summed E-state index contributed by atoms with van der Waals surface area (Å²) in [7, 11) is 0. The lowest BCUT2D eigenvalue weighted by Gasteiger charge is -2.08. The maximum Gasteiger partial charge on any atom is 0.177 e. The first-order valence-electron chi connectivity index (χ1n) is 6.11. The van der Waals surface area contributed by atoms with Crippen LogP contribution in [0.5, 0.6) is 0 Å². The molecule has 0 N–H and O–H groups in total. The van der Waals surface area contributed by atoms with Crippen LogP contribution in [0.25, 0.3) is 0 Å². The number of carbonyl (C=O) groups excluding carboxylic acids is 1. The quantitative estimate of drug-likeness (QED) is 0.746. The van der Waals surface area contributed by atoms with Crippen molar-refractivity contribution in [3.8, 4) is 0 Å². The van der Waals surface area contributed by atoms with Gasteiger partial charge in [0.25, 0.3) is 0 Å². The van der Waals surface area contributed by atoms with Crippen LogP contribution in [0, 0.1) is 0 Å². The van der Waals surface area contributed by atoms with E-state index < -0.39 is 0 Å². The Kier molecular flexibility index (Phi) is 3.55. The normalized spacial score (nSPS) is 14.5. The lowest BCUT2D eigenvalue weighted by Crippen LogP contribution is -1.99. The predicted molar refractivity (Wildman–Crippen MR) is 78.3 cm³/mol. The van der Waals surface area contributed by atoms with E-state index >= 15 is 0 Å². The molecule has 18 heavy (non-hydrogen) atoms. The Bertz CT molecular complexity index is 559. The van der Waals surface area contributed by atoms with Gasteiger partial charge < -0.3 is 0 Å². The van der Waals surface area contributed by atoms with Crippen LogP contribution in [0.2, 0.25) is 4.34 Å². The van der Waals surface area contributed by atoms with Crippen LogP contribution >= 0.6 is 34.3 Å². The van der Waals surface area contributed by atoms with Crippen LogP contribution in [0.15, 0.2) is 18.2 Å². The highest BCUT2D eigenvalue weighted by Gasteiger charge is 2.17. The molecular weight excluding hydrogens is 284 g/mol. The SMILES string of the molecule is O=C(Cc1ccc(Cl)s1)c1cc2c(s1)CCCC2. The fraction of sp³-hybridized carbons (Fsp3) is 0.357. The first-order chi connectivity index (χ1) is 8.72. The molecule has 1 nitrogen and oxygen atoms in total. The summed E-state index contributed by atoms with van der Waals surface area (Å²) < 4.78 is 0.753. The summed E-state index contributed by atoms with van der Waals surface area (Å²) in [5.74, 6) is 0.230. The van der Waals surface area contributed by atoms with Crippen LogP contribution in [0.3, 0.4) is 0 Å². The molecule has 1 aliphatic rings. The van der Waals surface area contributed by atoms with Gasteiger partial charge in [-0.25, -0.2) is 0 Å². The second-order valence-corrected chi connectivity index (χ2v) is 7.51. The lowest BCUT2D eigenvalue weighted by molar-refractivity contribution is 0.0997. The molecule has 4 heteroatoms. The third-order valence-corrected chi connectivity index (χ3v) is 5.74. The smallest absolute Gasteiger partial charge is 0.177 e. The molecular formula is C14H13ClOS2. The van der Waals surface area contributed by atoms with Gasteiger partial charge in [0.1, 0.15) is 0 Å². The zero-order valence-electron chi connectivity index (χ0n) is 9.87. The molecule has 2 aromatic rings. The average Bonchev–Trinajstić information content (AvgIpc) is 2.95. The van der Waals surface area contributed by atoms with Gasteiger partial charge >= 0.3 is 0 Å². The molecule has 0 saturated heterocycles. The lowest BCUT2D eigenvalue weighted by atomic mass is 9.99. The van der Waals surface area contributed by atoms with Crippen LogP contribution in [0.1, 0.15) is 37.8 Å². The zero-order valence-corrected chi connectivity index (χ0v) is 12.3. The number of hydrogen-bond acceptors (Lipinski definition) is 3. The van der Waals surface area contributed by atoms with Crippen molar-refractivity contribution in [2.45, 2.75) is 32.1 Å². The van der Waals surface area contributed by atoms with Crippen molar-refractivity contribution in [3.05, 3.63) is 42.7 Å². The predicted octanol–water partition coefficient (Wildman–Crippen LogP) is 4.77. The summed E-state index contributed by atoms with van der Waals surface area (Å²) in [4.78, 5) is 15.6. The Morgan fingerprint density at radius 3 is 2.78 bits per heavy atom. The highest BCUT2D eigenvalue weighted by Crippen LogP contribution is 2.31. The summed E-state index contributed by atoms with van der Waals surface area (Å²) >= 11 is 9.07. The molecule has 94 valence electrons. The zero-order chi connectivity index (χ0) is 12.5. The number of hydrogen-bond donors (Lipinski definition) is 0. The minimum Gasteiger partial charge on any atom is -0.293 e. The molecule has 0 saturated carbocycles. The number of rotatable bonds is 3. The number of aryl methyl sites for hydroxylation is 2. The first-order valence-corrected chi connectivity index (χ1v) is 8.12. The topological polar surface area (TPSA) is 17.1 Å². The van der Waals surface area contributed by atoms with Crippen molar-refractivity contribution in [1.29, 1.82) is 0 Å². The van der Waals surface area contributed by atoms with E-state index in [1.54, 1.807) is 11.3 Å². The van der Waals surface area contributed by atoms with Gasteiger partial charge in [0.2, 0.25) is 0 Å². The molecule has 0 aliphatic heterocycles. The molecule has 0 fully saturated rings. The standard InChI is InChI=1S/C14H13ClOS2/c15-14-6-5-10(17-14)8-11(16)13-7-9-3-1-2-4-12(9)18-13/h5-7H,1-4,8H2. The van der Waals surface area contributed by atoms with Gasteiger partial charge in [0.15, 0.2) is 5.78 Å². The number of carbonyl (C=O) groups is 1. The molecule has 3 rings (SSSR count). The van der Waals surface area contributed by atoms with Crippen molar-refractivity contribution < 1.29 is 4.79 Å². The minimum atomic E-state index is 0.230. The maximum atomic E-state index is 12.2. The van der Waals surface area contributed by atoms with Gasteiger partial charge in [-0.1, -0.05) is 11.6 Å². The summed E-state index contributed by atoms with van der Waals surface area (Å²) in [6.07, 6.45) is 5.30. The van der Waals surface area contributed by atoms with Crippen molar-refractivity contribution >= 4 is 40.1 Å². The van der Waals surface area contributed by atoms with Crippen LogP contribution in [-0.2, 0) is 19.3 Å². The van der Waals surface area contributed by atoms with Crippen molar-refractivity contribution in [3.63, 3.8) is 0 Å². The molecule has 0 spiro atoms. The Hall–Kier alpha value is -0.640. The molecule has 0 atom stereocenters. The Balaban J connectivity index is 1.78. The first kappa shape index (κ1) is 12.4. The molecule has 0 radical (unpaired) electrons. The van der Waals surface area contributed by atoms with Crippen LogP contribution < -0.4 is 0 Å². The van der Waals surface area contributed by atoms with E-state index in [2.05, 4.69) is 6.07 Å². The minimum absolute atomic E-state index is 0.230. The van der Waals surface area contributed by atoms with E-state index in [0.29, 0.717) is 6.42 Å².